The number of allylic oxidation sites excluding steroid dienone is 2. The van der Waals surface area contributed by atoms with E-state index in [0.29, 0.717) is 23.2 Å². The van der Waals surface area contributed by atoms with Crippen LogP contribution in [0.15, 0.2) is 35.5 Å². The molecule has 0 saturated heterocycles. The van der Waals surface area contributed by atoms with Gasteiger partial charge in [-0.25, -0.2) is 0 Å². The van der Waals surface area contributed by atoms with E-state index in [9.17, 15) is 20.2 Å². The van der Waals surface area contributed by atoms with Crippen molar-refractivity contribution >= 4 is 22.8 Å². The van der Waals surface area contributed by atoms with Gasteiger partial charge >= 0.3 is 5.69 Å². The SMILES string of the molecule is C[C@]12CC/C(=N\Nc3ccc([N+](=O)[O-])cc3[N+](=O)[O-])[C@H](C1)[C@@H]1CC=C[C@@H]12. The van der Waals surface area contributed by atoms with Crippen molar-refractivity contribution in [3.63, 3.8) is 0 Å². The minimum atomic E-state index is -0.642. The zero-order valence-corrected chi connectivity index (χ0v) is 14.4. The molecule has 0 aromatic heterocycles. The Morgan fingerprint density at radius 3 is 2.81 bits per heavy atom. The highest BCUT2D eigenvalue weighted by atomic mass is 16.6. The number of anilines is 1. The van der Waals surface area contributed by atoms with Crippen molar-refractivity contribution in [3.8, 4) is 0 Å². The summed E-state index contributed by atoms with van der Waals surface area (Å²) in [6.07, 6.45) is 8.74. The van der Waals surface area contributed by atoms with Crippen LogP contribution in [-0.2, 0) is 0 Å². The summed E-state index contributed by atoms with van der Waals surface area (Å²) in [5.74, 6) is 1.59. The van der Waals surface area contributed by atoms with Crippen molar-refractivity contribution in [1.82, 2.24) is 0 Å². The quantitative estimate of drug-likeness (QED) is 0.491. The van der Waals surface area contributed by atoms with E-state index in [0.717, 1.165) is 37.5 Å². The van der Waals surface area contributed by atoms with Crippen LogP contribution in [0, 0.1) is 43.4 Å². The van der Waals surface area contributed by atoms with E-state index in [1.165, 1.54) is 12.1 Å². The fraction of sp³-hybridized carbons (Fsp3) is 0.500. The number of non-ortho nitro benzene ring substituents is 1. The van der Waals surface area contributed by atoms with Crippen molar-refractivity contribution in [3.05, 3.63) is 50.6 Å². The lowest BCUT2D eigenvalue weighted by Gasteiger charge is -2.32. The minimum Gasteiger partial charge on any atom is -0.272 e. The highest BCUT2D eigenvalue weighted by Crippen LogP contribution is 2.60. The molecule has 0 amide bonds. The van der Waals surface area contributed by atoms with E-state index in [-0.39, 0.29) is 17.1 Å². The fourth-order valence-electron chi connectivity index (χ4n) is 5.01. The summed E-state index contributed by atoms with van der Waals surface area (Å²) < 4.78 is 0. The third-order valence-corrected chi connectivity index (χ3v) is 6.31. The summed E-state index contributed by atoms with van der Waals surface area (Å²) in [4.78, 5) is 20.8. The molecular weight excluding hydrogens is 336 g/mol. The predicted molar refractivity (Wildman–Crippen MR) is 97.0 cm³/mol. The molecular formula is C18H20N4O4. The summed E-state index contributed by atoms with van der Waals surface area (Å²) in [6.45, 7) is 2.35. The van der Waals surface area contributed by atoms with Gasteiger partial charge < -0.3 is 0 Å². The maximum Gasteiger partial charge on any atom is 0.301 e. The van der Waals surface area contributed by atoms with Crippen molar-refractivity contribution in [1.29, 1.82) is 0 Å². The number of benzene rings is 1. The van der Waals surface area contributed by atoms with Crippen LogP contribution in [-0.4, -0.2) is 15.6 Å². The summed E-state index contributed by atoms with van der Waals surface area (Å²) in [6, 6.07) is 3.56. The molecule has 3 aliphatic rings. The molecule has 1 aromatic carbocycles. The highest BCUT2D eigenvalue weighted by molar-refractivity contribution is 5.89. The molecule has 1 N–H and O–H groups in total. The van der Waals surface area contributed by atoms with Crippen molar-refractivity contribution < 1.29 is 9.85 Å². The van der Waals surface area contributed by atoms with E-state index in [1.807, 2.05) is 0 Å². The average Bonchev–Trinajstić information content (AvgIpc) is 3.17. The monoisotopic (exact) mass is 356 g/mol. The molecule has 0 radical (unpaired) electrons. The highest BCUT2D eigenvalue weighted by Gasteiger charge is 2.54. The van der Waals surface area contributed by atoms with Crippen LogP contribution < -0.4 is 5.43 Å². The average molecular weight is 356 g/mol. The standard InChI is InChI=1S/C18H20N4O4/c1-18-8-7-15(13(10-18)12-3-2-4-14(12)18)19-20-16-6-5-11(21(23)24)9-17(16)22(25)26/h2,4-6,9,12-14,20H,3,7-8,10H2,1H3/b19-15+/t12-,13+,14-,18-/m0/s1. The second-order valence-corrected chi connectivity index (χ2v) is 7.75. The molecule has 0 unspecified atom stereocenters. The van der Waals surface area contributed by atoms with Crippen molar-refractivity contribution in [2.45, 2.75) is 32.6 Å². The van der Waals surface area contributed by atoms with Gasteiger partial charge in [-0.3, -0.25) is 25.7 Å². The van der Waals surface area contributed by atoms with E-state index < -0.39 is 9.85 Å². The molecule has 0 spiro atoms. The summed E-state index contributed by atoms with van der Waals surface area (Å²) in [5.41, 5.74) is 3.74. The number of hydrogen-bond donors (Lipinski definition) is 1. The van der Waals surface area contributed by atoms with Gasteiger partial charge in [0.1, 0.15) is 5.69 Å². The van der Waals surface area contributed by atoms with Gasteiger partial charge in [0, 0.05) is 17.7 Å². The van der Waals surface area contributed by atoms with Crippen molar-refractivity contribution in [2.75, 3.05) is 5.43 Å². The minimum absolute atomic E-state index is 0.181. The van der Waals surface area contributed by atoms with E-state index in [4.69, 9.17) is 0 Å². The topological polar surface area (TPSA) is 111 Å². The molecule has 2 bridgehead atoms. The molecule has 4 atom stereocenters. The normalized spacial score (nSPS) is 33.3. The second-order valence-electron chi connectivity index (χ2n) is 7.75. The van der Waals surface area contributed by atoms with Gasteiger partial charge in [-0.2, -0.15) is 5.10 Å². The molecule has 0 aliphatic heterocycles. The Balaban J connectivity index is 1.59. The molecule has 8 heteroatoms. The molecule has 136 valence electrons. The summed E-state index contributed by atoms with van der Waals surface area (Å²) in [5, 5.41) is 26.6. The molecule has 2 saturated carbocycles. The lowest BCUT2D eigenvalue weighted by Crippen LogP contribution is -2.27. The number of rotatable bonds is 4. The zero-order chi connectivity index (χ0) is 18.5. The smallest absolute Gasteiger partial charge is 0.272 e. The van der Waals surface area contributed by atoms with Gasteiger partial charge in [-0.05, 0) is 49.0 Å². The molecule has 0 heterocycles. The van der Waals surface area contributed by atoms with E-state index >= 15 is 0 Å². The first-order valence-corrected chi connectivity index (χ1v) is 8.81. The third kappa shape index (κ3) is 2.56. The van der Waals surface area contributed by atoms with Crippen LogP contribution in [0.5, 0.6) is 0 Å². The number of hydrazone groups is 1. The number of nitrogens with one attached hydrogen (secondary N) is 1. The predicted octanol–water partition coefficient (Wildman–Crippen LogP) is 4.28. The van der Waals surface area contributed by atoms with Crippen molar-refractivity contribution in [2.24, 2.45) is 28.3 Å². The molecule has 26 heavy (non-hydrogen) atoms. The maximum atomic E-state index is 11.3. The van der Waals surface area contributed by atoms with E-state index in [2.05, 4.69) is 29.6 Å². The van der Waals surface area contributed by atoms with Crippen LogP contribution in [0.1, 0.15) is 32.6 Å². The fourth-order valence-corrected chi connectivity index (χ4v) is 5.01. The Hall–Kier alpha value is -2.77. The Bertz CT molecular complexity index is 850. The van der Waals surface area contributed by atoms with Gasteiger partial charge in [0.2, 0.25) is 0 Å². The number of nitro benzene ring substituents is 2. The van der Waals surface area contributed by atoms with Gasteiger partial charge in [0.15, 0.2) is 0 Å². The summed E-state index contributed by atoms with van der Waals surface area (Å²) >= 11 is 0. The van der Waals surface area contributed by atoms with Crippen LogP contribution in [0.3, 0.4) is 0 Å². The molecule has 3 aliphatic carbocycles. The van der Waals surface area contributed by atoms with Crippen LogP contribution in [0.25, 0.3) is 0 Å². The first kappa shape index (κ1) is 16.7. The van der Waals surface area contributed by atoms with Crippen LogP contribution in [0.4, 0.5) is 17.1 Å². The van der Waals surface area contributed by atoms with Gasteiger partial charge in [-0.1, -0.05) is 19.1 Å². The molecule has 1 aromatic rings. The second kappa shape index (κ2) is 5.89. The van der Waals surface area contributed by atoms with Crippen LogP contribution in [0.2, 0.25) is 0 Å². The Labute approximate surface area is 150 Å². The third-order valence-electron chi connectivity index (χ3n) is 6.31. The first-order valence-electron chi connectivity index (χ1n) is 8.81. The van der Waals surface area contributed by atoms with Gasteiger partial charge in [0.05, 0.1) is 15.9 Å². The zero-order valence-electron chi connectivity index (χ0n) is 14.4. The van der Waals surface area contributed by atoms with Gasteiger partial charge in [0.25, 0.3) is 5.69 Å². The molecule has 2 fully saturated rings. The lowest BCUT2D eigenvalue weighted by molar-refractivity contribution is -0.393. The first-order chi connectivity index (χ1) is 12.4. The number of hydrogen-bond acceptors (Lipinski definition) is 6. The summed E-state index contributed by atoms with van der Waals surface area (Å²) in [7, 11) is 0. The molecule has 4 rings (SSSR count). The van der Waals surface area contributed by atoms with Gasteiger partial charge in [-0.15, -0.1) is 0 Å². The van der Waals surface area contributed by atoms with Crippen LogP contribution >= 0.6 is 0 Å². The Morgan fingerprint density at radius 1 is 1.27 bits per heavy atom. The number of nitro groups is 2. The van der Waals surface area contributed by atoms with E-state index in [1.54, 1.807) is 0 Å². The molecule has 8 nitrogen and oxygen atoms in total. The lowest BCUT2D eigenvalue weighted by atomic mass is 9.73. The number of fused-ring (bicyclic) bond motifs is 5. The largest absolute Gasteiger partial charge is 0.301 e. The maximum absolute atomic E-state index is 11.3. The number of nitrogens with zero attached hydrogens (tertiary/aromatic N) is 3. The Kier molecular flexibility index (Phi) is 3.78. The Morgan fingerprint density at radius 2 is 2.08 bits per heavy atom.